The Labute approximate surface area is 167 Å². The lowest BCUT2D eigenvalue weighted by Gasteiger charge is -2.40. The van der Waals surface area contributed by atoms with Crippen molar-refractivity contribution < 1.29 is 0 Å². The van der Waals surface area contributed by atoms with Gasteiger partial charge in [0.05, 0.1) is 17.3 Å². The minimum atomic E-state index is 0.375. The quantitative estimate of drug-likeness (QED) is 0.595. The van der Waals surface area contributed by atoms with Crippen molar-refractivity contribution in [2.24, 2.45) is 4.99 Å². The highest BCUT2D eigenvalue weighted by Gasteiger charge is 2.49. The maximum Gasteiger partial charge on any atom is 0.165 e. The van der Waals surface area contributed by atoms with E-state index in [0.29, 0.717) is 11.6 Å². The average molecular weight is 380 g/mol. The summed E-state index contributed by atoms with van der Waals surface area (Å²) in [5.41, 5.74) is 3.82. The van der Waals surface area contributed by atoms with Crippen LogP contribution in [-0.2, 0) is 6.42 Å². The zero-order chi connectivity index (χ0) is 18.7. The van der Waals surface area contributed by atoms with Crippen molar-refractivity contribution in [3.63, 3.8) is 0 Å². The van der Waals surface area contributed by atoms with Gasteiger partial charge in [-0.25, -0.2) is 4.99 Å². The number of nitriles is 1. The molecule has 0 N–H and O–H groups in total. The van der Waals surface area contributed by atoms with E-state index in [2.05, 4.69) is 36.1 Å². The molecule has 1 spiro atoms. The molecule has 0 radical (unpaired) electrons. The van der Waals surface area contributed by atoms with Crippen LogP contribution in [0.1, 0.15) is 69.4 Å². The Morgan fingerprint density at radius 1 is 1.26 bits per heavy atom. The van der Waals surface area contributed by atoms with Crippen LogP contribution < -0.4 is 0 Å². The molecule has 1 heterocycles. The van der Waals surface area contributed by atoms with Gasteiger partial charge in [-0.3, -0.25) is 0 Å². The molecule has 2 aliphatic carbocycles. The summed E-state index contributed by atoms with van der Waals surface area (Å²) in [4.78, 5) is 7.98. The Hall–Kier alpha value is -1.73. The molecule has 142 valence electrons. The number of benzene rings is 1. The number of thioether (sulfide) groups is 1. The Kier molecular flexibility index (Phi) is 5.59. The van der Waals surface area contributed by atoms with Crippen LogP contribution in [0.4, 0.5) is 5.69 Å². The standard InChI is InChI=1S/C23H29N3S/c1-2-19-16-18(8-7-15-24)11-12-21(19)25-22-26(20-9-3-4-10-20)23(17-27-22)13-5-6-14-23/h7-8,11-12,16,20H,2-6,9-10,13-14,17H2,1H3/b8-7+,25-22?. The predicted octanol–water partition coefficient (Wildman–Crippen LogP) is 6.08. The summed E-state index contributed by atoms with van der Waals surface area (Å²) >= 11 is 1.98. The number of aliphatic imine (C=N–C) groups is 1. The van der Waals surface area contributed by atoms with Gasteiger partial charge in [-0.05, 0) is 61.4 Å². The van der Waals surface area contributed by atoms with Crippen LogP contribution in [0.3, 0.4) is 0 Å². The molecule has 27 heavy (non-hydrogen) atoms. The van der Waals surface area contributed by atoms with Crippen molar-refractivity contribution >= 4 is 28.7 Å². The molecule has 3 nitrogen and oxygen atoms in total. The SMILES string of the molecule is CCc1cc(/C=C/C#N)ccc1N=C1SCC2(CCCC2)N1C1CCCC1. The maximum atomic E-state index is 8.77. The smallest absolute Gasteiger partial charge is 0.165 e. The Morgan fingerprint density at radius 3 is 2.74 bits per heavy atom. The van der Waals surface area contributed by atoms with E-state index in [0.717, 1.165) is 17.7 Å². The molecule has 0 bridgehead atoms. The van der Waals surface area contributed by atoms with Gasteiger partial charge in [0.2, 0.25) is 0 Å². The van der Waals surface area contributed by atoms with Crippen LogP contribution in [0, 0.1) is 11.3 Å². The second-order valence-corrected chi connectivity index (χ2v) is 9.07. The van der Waals surface area contributed by atoms with Gasteiger partial charge in [-0.2, -0.15) is 5.26 Å². The molecule has 0 aromatic heterocycles. The summed E-state index contributed by atoms with van der Waals surface area (Å²) in [5.74, 6) is 1.22. The van der Waals surface area contributed by atoms with Gasteiger partial charge in [0.1, 0.15) is 0 Å². The lowest BCUT2D eigenvalue weighted by atomic mass is 9.95. The van der Waals surface area contributed by atoms with Crippen LogP contribution in [0.15, 0.2) is 29.3 Å². The fourth-order valence-electron chi connectivity index (χ4n) is 5.09. The van der Waals surface area contributed by atoms with Gasteiger partial charge in [-0.1, -0.05) is 50.4 Å². The van der Waals surface area contributed by atoms with Gasteiger partial charge in [0.25, 0.3) is 0 Å². The molecule has 0 unspecified atom stereocenters. The fraction of sp³-hybridized carbons (Fsp3) is 0.565. The monoisotopic (exact) mass is 379 g/mol. The summed E-state index contributed by atoms with van der Waals surface area (Å²) in [7, 11) is 0. The normalized spacial score (nSPS) is 23.9. The summed E-state index contributed by atoms with van der Waals surface area (Å²) < 4.78 is 0. The van der Waals surface area contributed by atoms with Crippen LogP contribution in [0.5, 0.6) is 0 Å². The second-order valence-electron chi connectivity index (χ2n) is 8.13. The number of rotatable bonds is 4. The molecule has 4 rings (SSSR count). The van der Waals surface area contributed by atoms with Gasteiger partial charge in [-0.15, -0.1) is 0 Å². The van der Waals surface area contributed by atoms with E-state index in [1.54, 1.807) is 6.08 Å². The topological polar surface area (TPSA) is 39.4 Å². The largest absolute Gasteiger partial charge is 0.342 e. The molecule has 1 saturated heterocycles. The predicted molar refractivity (Wildman–Crippen MR) is 115 cm³/mol. The van der Waals surface area contributed by atoms with Crippen molar-refractivity contribution in [3.8, 4) is 6.07 Å². The molecular formula is C23H29N3S. The highest BCUT2D eigenvalue weighted by Crippen LogP contribution is 2.48. The van der Waals surface area contributed by atoms with E-state index in [-0.39, 0.29) is 0 Å². The van der Waals surface area contributed by atoms with E-state index in [4.69, 9.17) is 10.3 Å². The zero-order valence-corrected chi connectivity index (χ0v) is 17.1. The summed E-state index contributed by atoms with van der Waals surface area (Å²) in [6.07, 6.45) is 15.2. The van der Waals surface area contributed by atoms with E-state index in [1.807, 2.05) is 17.8 Å². The summed E-state index contributed by atoms with van der Waals surface area (Å²) in [5, 5.41) is 10.0. The summed E-state index contributed by atoms with van der Waals surface area (Å²) in [6.45, 7) is 2.19. The van der Waals surface area contributed by atoms with E-state index in [9.17, 15) is 0 Å². The first-order valence-electron chi connectivity index (χ1n) is 10.5. The van der Waals surface area contributed by atoms with Gasteiger partial charge < -0.3 is 4.90 Å². The number of hydrogen-bond donors (Lipinski definition) is 0. The van der Waals surface area contributed by atoms with Gasteiger partial charge in [0, 0.05) is 17.9 Å². The third kappa shape index (κ3) is 3.67. The van der Waals surface area contributed by atoms with Crippen molar-refractivity contribution in [1.82, 2.24) is 4.90 Å². The van der Waals surface area contributed by atoms with Crippen LogP contribution in [0.2, 0.25) is 0 Å². The minimum absolute atomic E-state index is 0.375. The highest BCUT2D eigenvalue weighted by molar-refractivity contribution is 8.14. The van der Waals surface area contributed by atoms with Crippen molar-refractivity contribution in [2.45, 2.75) is 76.3 Å². The van der Waals surface area contributed by atoms with E-state index < -0.39 is 0 Å². The number of nitrogens with zero attached hydrogens (tertiary/aromatic N) is 3. The maximum absolute atomic E-state index is 8.77. The number of hydrogen-bond acceptors (Lipinski definition) is 3. The third-order valence-corrected chi connectivity index (χ3v) is 7.69. The van der Waals surface area contributed by atoms with Gasteiger partial charge >= 0.3 is 0 Å². The third-order valence-electron chi connectivity index (χ3n) is 6.46. The first-order valence-corrected chi connectivity index (χ1v) is 11.4. The molecule has 4 heteroatoms. The highest BCUT2D eigenvalue weighted by atomic mass is 32.2. The number of aryl methyl sites for hydroxylation is 1. The summed E-state index contributed by atoms with van der Waals surface area (Å²) in [6, 6.07) is 9.16. The Morgan fingerprint density at radius 2 is 2.04 bits per heavy atom. The van der Waals surface area contributed by atoms with Crippen LogP contribution in [0.25, 0.3) is 6.08 Å². The number of allylic oxidation sites excluding steroid dienone is 1. The molecule has 0 atom stereocenters. The number of amidine groups is 1. The molecular weight excluding hydrogens is 350 g/mol. The molecule has 3 fully saturated rings. The molecule has 1 aliphatic heterocycles. The molecule has 1 aromatic carbocycles. The van der Waals surface area contributed by atoms with E-state index >= 15 is 0 Å². The van der Waals surface area contributed by atoms with Gasteiger partial charge in [0.15, 0.2) is 5.17 Å². The molecule has 3 aliphatic rings. The lowest BCUT2D eigenvalue weighted by Crippen LogP contribution is -2.50. The lowest BCUT2D eigenvalue weighted by molar-refractivity contribution is 0.163. The van der Waals surface area contributed by atoms with E-state index in [1.165, 1.54) is 67.9 Å². The molecule has 2 saturated carbocycles. The Bertz CT molecular complexity index is 777. The first-order chi connectivity index (χ1) is 13.3. The minimum Gasteiger partial charge on any atom is -0.342 e. The van der Waals surface area contributed by atoms with Crippen molar-refractivity contribution in [1.29, 1.82) is 5.26 Å². The fourth-order valence-corrected chi connectivity index (χ4v) is 6.56. The van der Waals surface area contributed by atoms with Crippen molar-refractivity contribution in [3.05, 3.63) is 35.4 Å². The first kappa shape index (κ1) is 18.6. The molecule has 0 amide bonds. The zero-order valence-electron chi connectivity index (χ0n) is 16.3. The van der Waals surface area contributed by atoms with Crippen molar-refractivity contribution in [2.75, 3.05) is 5.75 Å². The average Bonchev–Trinajstić information content (AvgIpc) is 3.44. The second kappa shape index (κ2) is 8.10. The Balaban J connectivity index is 1.67. The van der Waals surface area contributed by atoms with Crippen LogP contribution >= 0.6 is 11.8 Å². The van der Waals surface area contributed by atoms with Crippen LogP contribution in [-0.4, -0.2) is 27.4 Å². The molecule has 1 aromatic rings.